The Kier molecular flexibility index (Phi) is 5.95. The molecule has 2 aliphatic rings. The molecule has 0 bridgehead atoms. The van der Waals surface area contributed by atoms with Crippen LogP contribution in [0.3, 0.4) is 0 Å². The van der Waals surface area contributed by atoms with Gasteiger partial charge in [-0.25, -0.2) is 0 Å². The average Bonchev–Trinajstić information content (AvgIpc) is 3.69. The third-order valence-electron chi connectivity index (χ3n) is 7.18. The van der Waals surface area contributed by atoms with Crippen LogP contribution >= 0.6 is 11.3 Å². The SMILES string of the molecule is c1ccc(N2CN(c3cccc(Oc4ccc5c(c4)N(c4nccs4)c4cnccc4[Se]5)c3)c3ccccc32)cc1. The Morgan fingerprint density at radius 1 is 0.659 bits per heavy atom. The Morgan fingerprint density at radius 2 is 1.41 bits per heavy atom. The van der Waals surface area contributed by atoms with E-state index in [0.717, 1.165) is 40.4 Å². The van der Waals surface area contributed by atoms with E-state index in [0.29, 0.717) is 0 Å². The zero-order valence-corrected chi connectivity index (χ0v) is 24.3. The van der Waals surface area contributed by atoms with Crippen LogP contribution in [0.4, 0.5) is 39.3 Å². The fourth-order valence-corrected chi connectivity index (χ4v) is 8.12. The number of anilines is 7. The van der Waals surface area contributed by atoms with Gasteiger partial charge in [0.15, 0.2) is 0 Å². The summed E-state index contributed by atoms with van der Waals surface area (Å²) in [5.74, 6) is 1.58. The number of hydrogen-bond acceptors (Lipinski definition) is 7. The number of nitrogens with zero attached hydrogens (tertiary/aromatic N) is 5. The number of hydrogen-bond donors (Lipinski definition) is 0. The number of benzene rings is 4. The molecule has 0 amide bonds. The van der Waals surface area contributed by atoms with Crippen LogP contribution in [-0.2, 0) is 0 Å². The van der Waals surface area contributed by atoms with Crippen LogP contribution in [0.2, 0.25) is 0 Å². The Labute approximate surface area is 248 Å². The number of aromatic nitrogens is 2. The molecular formula is C33H23N5OSSe. The van der Waals surface area contributed by atoms with E-state index in [2.05, 4.69) is 122 Å². The number of rotatable bonds is 5. The van der Waals surface area contributed by atoms with Crippen LogP contribution in [0.5, 0.6) is 11.5 Å². The first-order chi connectivity index (χ1) is 20.3. The Hall–Kier alpha value is -4.62. The Bertz CT molecular complexity index is 1860. The first-order valence-electron chi connectivity index (χ1n) is 13.2. The van der Waals surface area contributed by atoms with E-state index in [-0.39, 0.29) is 15.0 Å². The van der Waals surface area contributed by atoms with Crippen molar-refractivity contribution in [3.8, 4) is 11.5 Å². The molecule has 0 radical (unpaired) electrons. The summed E-state index contributed by atoms with van der Waals surface area (Å²) in [5.41, 5.74) is 6.81. The van der Waals surface area contributed by atoms with E-state index >= 15 is 0 Å². The van der Waals surface area contributed by atoms with Crippen molar-refractivity contribution in [2.45, 2.75) is 0 Å². The molecule has 0 spiro atoms. The second-order valence-electron chi connectivity index (χ2n) is 9.65. The monoisotopic (exact) mass is 617 g/mol. The minimum atomic E-state index is 0.174. The molecule has 0 N–H and O–H groups in total. The van der Waals surface area contributed by atoms with Gasteiger partial charge in [0.05, 0.1) is 0 Å². The molecule has 0 saturated heterocycles. The maximum Gasteiger partial charge on any atom is -0.0383 e. The molecule has 0 fully saturated rings. The molecule has 0 unspecified atom stereocenters. The van der Waals surface area contributed by atoms with E-state index in [9.17, 15) is 0 Å². The summed E-state index contributed by atoms with van der Waals surface area (Å²) in [4.78, 5) is 15.9. The van der Waals surface area contributed by atoms with Crippen LogP contribution in [0, 0.1) is 0 Å². The van der Waals surface area contributed by atoms with Crippen molar-refractivity contribution >= 4 is 74.5 Å². The van der Waals surface area contributed by atoms with Crippen LogP contribution in [0.15, 0.2) is 127 Å². The summed E-state index contributed by atoms with van der Waals surface area (Å²) in [7, 11) is 0. The molecule has 6 aromatic rings. The summed E-state index contributed by atoms with van der Waals surface area (Å²) in [5, 5.41) is 2.93. The summed E-state index contributed by atoms with van der Waals surface area (Å²) < 4.78 is 9.10. The van der Waals surface area contributed by atoms with Crippen molar-refractivity contribution in [2.75, 3.05) is 21.4 Å². The number of para-hydroxylation sites is 3. The first-order valence-corrected chi connectivity index (χ1v) is 15.8. The molecule has 2 aliphatic heterocycles. The second kappa shape index (κ2) is 10.1. The predicted octanol–water partition coefficient (Wildman–Crippen LogP) is 7.02. The minimum absolute atomic E-state index is 0.174. The van der Waals surface area contributed by atoms with Gasteiger partial charge >= 0.3 is 213 Å². The molecule has 0 saturated carbocycles. The van der Waals surface area contributed by atoms with Crippen molar-refractivity contribution in [1.82, 2.24) is 9.97 Å². The van der Waals surface area contributed by atoms with Gasteiger partial charge in [-0.1, -0.05) is 24.3 Å². The zero-order valence-electron chi connectivity index (χ0n) is 21.8. The third kappa shape index (κ3) is 4.33. The topological polar surface area (TPSA) is 44.7 Å². The van der Waals surface area contributed by atoms with Crippen molar-refractivity contribution in [2.24, 2.45) is 0 Å². The maximum atomic E-state index is 6.51. The molecule has 0 aliphatic carbocycles. The molecule has 41 heavy (non-hydrogen) atoms. The third-order valence-corrected chi connectivity index (χ3v) is 10.3. The quantitative estimate of drug-likeness (QED) is 0.194. The minimum Gasteiger partial charge on any atom is -0.0602 e. The second-order valence-corrected chi connectivity index (χ2v) is 12.8. The molecule has 8 rings (SSSR count). The van der Waals surface area contributed by atoms with Crippen molar-refractivity contribution in [3.05, 3.63) is 127 Å². The summed E-state index contributed by atoms with van der Waals surface area (Å²) >= 11 is 1.79. The van der Waals surface area contributed by atoms with Crippen LogP contribution in [-0.4, -0.2) is 31.6 Å². The van der Waals surface area contributed by atoms with Gasteiger partial charge in [0.2, 0.25) is 0 Å². The Balaban J connectivity index is 1.12. The number of ether oxygens (including phenoxy) is 1. The van der Waals surface area contributed by atoms with Gasteiger partial charge in [-0.05, 0) is 12.1 Å². The van der Waals surface area contributed by atoms with Crippen LogP contribution in [0.1, 0.15) is 0 Å². The maximum absolute atomic E-state index is 6.51. The molecule has 4 heterocycles. The van der Waals surface area contributed by atoms with Crippen molar-refractivity contribution < 1.29 is 4.74 Å². The number of thiazole rings is 1. The van der Waals surface area contributed by atoms with Gasteiger partial charge in [-0.15, -0.1) is 0 Å². The standard InChI is InChI=1S/C33H23N5OSSe/c1-2-7-23(8-3-1)36-22-37(28-12-5-4-11-27(28)36)24-9-6-10-25(19-24)39-26-13-14-31-29(20-26)38(33-35-17-18-40-33)30-21-34-16-15-32(30)41-31/h1-21H,22H2. The van der Waals surface area contributed by atoms with Gasteiger partial charge in [0.25, 0.3) is 0 Å². The first kappa shape index (κ1) is 24.2. The van der Waals surface area contributed by atoms with Crippen molar-refractivity contribution in [1.29, 1.82) is 0 Å². The van der Waals surface area contributed by atoms with E-state index in [1.807, 2.05) is 30.0 Å². The number of pyridine rings is 1. The fourth-order valence-electron chi connectivity index (χ4n) is 5.34. The predicted molar refractivity (Wildman–Crippen MR) is 168 cm³/mol. The summed E-state index contributed by atoms with van der Waals surface area (Å²) in [6.45, 7) is 0.726. The molecular weight excluding hydrogens is 593 g/mol. The molecule has 198 valence electrons. The molecule has 2 aromatic heterocycles. The molecule has 4 aromatic carbocycles. The molecule has 0 atom stereocenters. The van der Waals surface area contributed by atoms with E-state index < -0.39 is 0 Å². The van der Waals surface area contributed by atoms with Crippen LogP contribution in [0.25, 0.3) is 0 Å². The number of fused-ring (bicyclic) bond motifs is 3. The molecule has 8 heteroatoms. The van der Waals surface area contributed by atoms with E-state index in [4.69, 9.17) is 4.74 Å². The van der Waals surface area contributed by atoms with Gasteiger partial charge < -0.3 is 0 Å². The zero-order chi connectivity index (χ0) is 27.2. The van der Waals surface area contributed by atoms with E-state index in [1.54, 1.807) is 11.3 Å². The van der Waals surface area contributed by atoms with E-state index in [1.165, 1.54) is 26.0 Å². The average molecular weight is 617 g/mol. The normalized spacial score (nSPS) is 13.5. The Morgan fingerprint density at radius 3 is 2.24 bits per heavy atom. The van der Waals surface area contributed by atoms with Crippen molar-refractivity contribution in [3.63, 3.8) is 0 Å². The summed E-state index contributed by atoms with van der Waals surface area (Å²) in [6.07, 6.45) is 5.65. The largest absolute Gasteiger partial charge is 0.0602 e. The van der Waals surface area contributed by atoms with Gasteiger partial charge in [0, 0.05) is 0 Å². The van der Waals surface area contributed by atoms with Gasteiger partial charge in [-0.3, -0.25) is 0 Å². The fraction of sp³-hybridized carbons (Fsp3) is 0.0303. The summed E-state index contributed by atoms with van der Waals surface area (Å²) in [6, 6.07) is 35.9. The van der Waals surface area contributed by atoms with Crippen LogP contribution < -0.4 is 28.4 Å². The van der Waals surface area contributed by atoms with Gasteiger partial charge in [0.1, 0.15) is 0 Å². The smallest absolute Gasteiger partial charge is 0.0383 e. The van der Waals surface area contributed by atoms with Gasteiger partial charge in [-0.2, -0.15) is 0 Å². The molecule has 6 nitrogen and oxygen atoms in total.